The molecule has 1 aromatic carbocycles. The second-order valence-electron chi connectivity index (χ2n) is 7.74. The molecule has 2 N–H and O–H groups in total. The van der Waals surface area contributed by atoms with Crippen molar-refractivity contribution in [3.8, 4) is 11.1 Å². The van der Waals surface area contributed by atoms with Gasteiger partial charge >= 0.3 is 0 Å². The fraction of sp³-hybridized carbons (Fsp3) is 0.381. The number of benzene rings is 1. The average molecular weight is 399 g/mol. The number of nitrogens with one attached hydrogen (secondary N) is 2. The molecule has 2 aromatic heterocycles. The van der Waals surface area contributed by atoms with Gasteiger partial charge in [0.15, 0.2) is 0 Å². The second kappa shape index (κ2) is 7.13. The number of hydrogen-bond acceptors (Lipinski definition) is 4. The zero-order valence-electron chi connectivity index (χ0n) is 16.5. The summed E-state index contributed by atoms with van der Waals surface area (Å²) in [7, 11) is 0.577. The predicted octanol–water partition coefficient (Wildman–Crippen LogP) is 4.29. The molecule has 28 heavy (non-hydrogen) atoms. The number of aromatic nitrogens is 2. The van der Waals surface area contributed by atoms with Gasteiger partial charge in [0.05, 0.1) is 16.3 Å². The van der Waals surface area contributed by atoms with Gasteiger partial charge in [-0.05, 0) is 43.0 Å². The third-order valence-electron chi connectivity index (χ3n) is 5.55. The summed E-state index contributed by atoms with van der Waals surface area (Å²) in [6, 6.07) is 8.19. The number of aromatic amines is 1. The van der Waals surface area contributed by atoms with E-state index in [1.165, 1.54) is 0 Å². The summed E-state index contributed by atoms with van der Waals surface area (Å²) >= 11 is 0. The first kappa shape index (κ1) is 18.8. The van der Waals surface area contributed by atoms with Crippen LogP contribution in [0.5, 0.6) is 0 Å². The molecule has 7 heteroatoms. The van der Waals surface area contributed by atoms with E-state index in [1.807, 2.05) is 50.3 Å². The first-order valence-electron chi connectivity index (χ1n) is 9.63. The summed E-state index contributed by atoms with van der Waals surface area (Å²) in [4.78, 5) is 9.72. The number of sulfonamides is 1. The summed E-state index contributed by atoms with van der Waals surface area (Å²) in [5.74, 6) is 0. The number of pyridine rings is 1. The van der Waals surface area contributed by atoms with Crippen molar-refractivity contribution in [2.24, 2.45) is 0 Å². The third kappa shape index (κ3) is 3.35. The highest BCUT2D eigenvalue weighted by Gasteiger charge is 2.30. The van der Waals surface area contributed by atoms with Crippen molar-refractivity contribution in [3.05, 3.63) is 42.2 Å². The number of hydrogen-bond donors (Lipinski definition) is 2. The van der Waals surface area contributed by atoms with Crippen molar-refractivity contribution >= 4 is 32.4 Å². The predicted molar refractivity (Wildman–Crippen MR) is 115 cm³/mol. The molecular formula is C21H26N4O2S. The highest BCUT2D eigenvalue weighted by atomic mass is 32.2. The van der Waals surface area contributed by atoms with Gasteiger partial charge in [0, 0.05) is 37.7 Å². The van der Waals surface area contributed by atoms with Crippen LogP contribution in [0.2, 0.25) is 0 Å². The fourth-order valence-corrected chi connectivity index (χ4v) is 5.59. The summed E-state index contributed by atoms with van der Waals surface area (Å²) < 4.78 is 28.8. The van der Waals surface area contributed by atoms with E-state index in [2.05, 4.69) is 20.8 Å². The van der Waals surface area contributed by atoms with Crippen LogP contribution >= 0.6 is 0 Å². The number of aryl methyl sites for hydroxylation is 1. The maximum atomic E-state index is 13.0. The van der Waals surface area contributed by atoms with E-state index in [-0.39, 0.29) is 5.25 Å². The fourth-order valence-electron chi connectivity index (χ4n) is 3.93. The van der Waals surface area contributed by atoms with Gasteiger partial charge in [0.25, 0.3) is 0 Å². The van der Waals surface area contributed by atoms with Crippen LogP contribution in [0.3, 0.4) is 0 Å². The van der Waals surface area contributed by atoms with Gasteiger partial charge in [-0.2, -0.15) is 0 Å². The molecule has 0 aliphatic heterocycles. The minimum atomic E-state index is -3.43. The molecule has 1 aliphatic carbocycles. The van der Waals surface area contributed by atoms with E-state index in [0.29, 0.717) is 11.3 Å². The van der Waals surface area contributed by atoms with Gasteiger partial charge < -0.3 is 9.88 Å². The van der Waals surface area contributed by atoms with Crippen molar-refractivity contribution in [2.45, 2.75) is 37.9 Å². The Bertz CT molecular complexity index is 1110. The molecule has 0 amide bonds. The summed E-state index contributed by atoms with van der Waals surface area (Å²) in [6.45, 7) is 1.89. The molecule has 1 fully saturated rings. The van der Waals surface area contributed by atoms with E-state index < -0.39 is 10.0 Å². The maximum absolute atomic E-state index is 13.0. The SMILES string of the molecule is Cc1cnc2[nH]cc(-c3cccc(N(C)C)c3)c2c1NS(=O)(=O)C1CCCC1. The summed E-state index contributed by atoms with van der Waals surface area (Å²) in [5, 5.41) is 0.507. The highest BCUT2D eigenvalue weighted by molar-refractivity contribution is 7.93. The van der Waals surface area contributed by atoms with Crippen molar-refractivity contribution in [1.82, 2.24) is 9.97 Å². The minimum Gasteiger partial charge on any atom is -0.378 e. The van der Waals surface area contributed by atoms with Crippen LogP contribution in [0, 0.1) is 6.92 Å². The van der Waals surface area contributed by atoms with Gasteiger partial charge in [-0.15, -0.1) is 0 Å². The van der Waals surface area contributed by atoms with Crippen LogP contribution in [0.25, 0.3) is 22.2 Å². The van der Waals surface area contributed by atoms with Gasteiger partial charge in [-0.1, -0.05) is 25.0 Å². The third-order valence-corrected chi connectivity index (χ3v) is 7.39. The van der Waals surface area contributed by atoms with E-state index in [9.17, 15) is 8.42 Å². The first-order valence-corrected chi connectivity index (χ1v) is 11.2. The van der Waals surface area contributed by atoms with Crippen LogP contribution in [0.15, 0.2) is 36.7 Å². The Hall–Kier alpha value is -2.54. The minimum absolute atomic E-state index is 0.311. The largest absolute Gasteiger partial charge is 0.378 e. The standard InChI is InChI=1S/C21H26N4O2S/c1-14-12-22-21-19(20(14)24-28(26,27)17-9-4-5-10-17)18(13-23-21)15-7-6-8-16(11-15)25(2)3/h6-8,11-13,17H,4-5,9-10H2,1-3H3,(H2,22,23,24). The molecule has 0 atom stereocenters. The van der Waals surface area contributed by atoms with Crippen LogP contribution < -0.4 is 9.62 Å². The topological polar surface area (TPSA) is 78.1 Å². The van der Waals surface area contributed by atoms with Crippen molar-refractivity contribution in [3.63, 3.8) is 0 Å². The molecule has 6 nitrogen and oxygen atoms in total. The molecule has 0 bridgehead atoms. The van der Waals surface area contributed by atoms with Gasteiger partial charge in [0.1, 0.15) is 5.65 Å². The van der Waals surface area contributed by atoms with E-state index >= 15 is 0 Å². The average Bonchev–Trinajstić information content (AvgIpc) is 3.34. The van der Waals surface area contributed by atoms with Crippen LogP contribution in [-0.2, 0) is 10.0 Å². The normalized spacial score (nSPS) is 15.2. The van der Waals surface area contributed by atoms with Crippen LogP contribution in [-0.4, -0.2) is 37.7 Å². The Kier molecular flexibility index (Phi) is 4.79. The molecule has 4 rings (SSSR count). The molecule has 1 aliphatic rings. The lowest BCUT2D eigenvalue weighted by atomic mass is 10.0. The lowest BCUT2D eigenvalue weighted by Gasteiger charge is -2.17. The van der Waals surface area contributed by atoms with Gasteiger partial charge in [-0.3, -0.25) is 4.72 Å². The molecule has 3 aromatic rings. The number of nitrogens with zero attached hydrogens (tertiary/aromatic N) is 2. The lowest BCUT2D eigenvalue weighted by Crippen LogP contribution is -2.25. The van der Waals surface area contributed by atoms with Crippen LogP contribution in [0.1, 0.15) is 31.2 Å². The quantitative estimate of drug-likeness (QED) is 0.672. The molecule has 0 radical (unpaired) electrons. The molecule has 0 unspecified atom stereocenters. The number of rotatable bonds is 5. The Labute approximate surface area is 166 Å². The Morgan fingerprint density at radius 2 is 1.96 bits per heavy atom. The number of H-pyrrole nitrogens is 1. The Morgan fingerprint density at radius 1 is 1.21 bits per heavy atom. The monoisotopic (exact) mass is 398 g/mol. The lowest BCUT2D eigenvalue weighted by molar-refractivity contribution is 0.585. The van der Waals surface area contributed by atoms with Crippen molar-refractivity contribution < 1.29 is 8.42 Å². The molecule has 148 valence electrons. The zero-order chi connectivity index (χ0) is 19.9. The van der Waals surface area contributed by atoms with Crippen LogP contribution in [0.4, 0.5) is 11.4 Å². The molecule has 2 heterocycles. The van der Waals surface area contributed by atoms with E-state index in [4.69, 9.17) is 0 Å². The smallest absolute Gasteiger partial charge is 0.235 e. The number of fused-ring (bicyclic) bond motifs is 1. The van der Waals surface area contributed by atoms with Gasteiger partial charge in [0.2, 0.25) is 10.0 Å². The molecule has 0 saturated heterocycles. The molecule has 0 spiro atoms. The van der Waals surface area contributed by atoms with Crippen molar-refractivity contribution in [2.75, 3.05) is 23.7 Å². The second-order valence-corrected chi connectivity index (χ2v) is 9.70. The van der Waals surface area contributed by atoms with E-state index in [1.54, 1.807) is 6.20 Å². The Morgan fingerprint density at radius 3 is 2.68 bits per heavy atom. The molecular weight excluding hydrogens is 372 g/mol. The summed E-state index contributed by atoms with van der Waals surface area (Å²) in [5.41, 5.74) is 5.17. The van der Waals surface area contributed by atoms with Crippen molar-refractivity contribution in [1.29, 1.82) is 0 Å². The molecule has 1 saturated carbocycles. The summed E-state index contributed by atoms with van der Waals surface area (Å²) in [6.07, 6.45) is 7.03. The number of anilines is 2. The maximum Gasteiger partial charge on any atom is 0.235 e. The first-order chi connectivity index (χ1) is 13.4. The Balaban J connectivity index is 1.84. The van der Waals surface area contributed by atoms with Gasteiger partial charge in [-0.25, -0.2) is 13.4 Å². The highest BCUT2D eigenvalue weighted by Crippen LogP contribution is 2.37. The zero-order valence-corrected chi connectivity index (χ0v) is 17.3. The van der Waals surface area contributed by atoms with E-state index in [0.717, 1.165) is 53.4 Å².